The average molecular weight is 297 g/mol. The van der Waals surface area contributed by atoms with Crippen LogP contribution < -0.4 is 10.2 Å². The van der Waals surface area contributed by atoms with Crippen molar-refractivity contribution in [3.63, 3.8) is 0 Å². The summed E-state index contributed by atoms with van der Waals surface area (Å²) in [4.78, 5) is 2.43. The van der Waals surface area contributed by atoms with E-state index in [1.54, 1.807) is 7.11 Å². The summed E-state index contributed by atoms with van der Waals surface area (Å²) in [5.74, 6) is 0. The van der Waals surface area contributed by atoms with Gasteiger partial charge in [-0.1, -0.05) is 37.6 Å². The highest BCUT2D eigenvalue weighted by Gasteiger charge is 2.31. The maximum absolute atomic E-state index is 6.45. The Morgan fingerprint density at radius 1 is 1.40 bits per heavy atom. The molecule has 1 aliphatic heterocycles. The van der Waals surface area contributed by atoms with Gasteiger partial charge in [0.05, 0.1) is 17.3 Å². The predicted molar refractivity (Wildman–Crippen MR) is 85.6 cm³/mol. The Hall–Kier alpha value is -0.770. The van der Waals surface area contributed by atoms with E-state index in [4.69, 9.17) is 16.3 Å². The Kier molecular flexibility index (Phi) is 5.30. The summed E-state index contributed by atoms with van der Waals surface area (Å²) in [6, 6.07) is 6.17. The number of hydrogen-bond donors (Lipinski definition) is 1. The molecule has 0 unspecified atom stereocenters. The zero-order valence-corrected chi connectivity index (χ0v) is 13.5. The molecule has 0 amide bonds. The van der Waals surface area contributed by atoms with Crippen LogP contribution in [0.25, 0.3) is 0 Å². The van der Waals surface area contributed by atoms with E-state index in [1.165, 1.54) is 17.7 Å². The summed E-state index contributed by atoms with van der Waals surface area (Å²) < 4.78 is 5.06. The lowest BCUT2D eigenvalue weighted by Crippen LogP contribution is -2.26. The van der Waals surface area contributed by atoms with Crippen LogP contribution in [0.1, 0.15) is 25.8 Å². The minimum atomic E-state index is 0.375. The summed E-state index contributed by atoms with van der Waals surface area (Å²) >= 11 is 6.45. The molecule has 1 heterocycles. The molecular formula is C16H25ClN2O. The highest BCUT2D eigenvalue weighted by atomic mass is 35.5. The van der Waals surface area contributed by atoms with Gasteiger partial charge in [0, 0.05) is 33.3 Å². The monoisotopic (exact) mass is 296 g/mol. The van der Waals surface area contributed by atoms with E-state index in [2.05, 4.69) is 30.1 Å². The van der Waals surface area contributed by atoms with Gasteiger partial charge in [-0.25, -0.2) is 0 Å². The van der Waals surface area contributed by atoms with Gasteiger partial charge in [0.25, 0.3) is 0 Å². The van der Waals surface area contributed by atoms with Gasteiger partial charge in [0.15, 0.2) is 0 Å². The van der Waals surface area contributed by atoms with Crippen LogP contribution in [0.2, 0.25) is 5.02 Å². The number of benzene rings is 1. The van der Waals surface area contributed by atoms with E-state index in [0.29, 0.717) is 5.41 Å². The number of methoxy groups -OCH3 is 1. The Morgan fingerprint density at radius 2 is 2.20 bits per heavy atom. The molecule has 20 heavy (non-hydrogen) atoms. The summed E-state index contributed by atoms with van der Waals surface area (Å²) in [7, 11) is 1.72. The van der Waals surface area contributed by atoms with Crippen LogP contribution in [0.3, 0.4) is 0 Å². The number of hydrogen-bond acceptors (Lipinski definition) is 3. The lowest BCUT2D eigenvalue weighted by Gasteiger charge is -2.25. The van der Waals surface area contributed by atoms with Gasteiger partial charge in [-0.05, 0) is 23.5 Å². The number of para-hydroxylation sites is 1. The third-order valence-electron chi connectivity index (χ3n) is 3.86. The summed E-state index contributed by atoms with van der Waals surface area (Å²) in [6.45, 7) is 9.21. The van der Waals surface area contributed by atoms with Crippen molar-refractivity contribution in [3.05, 3.63) is 28.8 Å². The van der Waals surface area contributed by atoms with Gasteiger partial charge < -0.3 is 15.0 Å². The van der Waals surface area contributed by atoms with E-state index in [9.17, 15) is 0 Å². The van der Waals surface area contributed by atoms with Crippen molar-refractivity contribution < 1.29 is 4.74 Å². The molecule has 0 atom stereocenters. The Labute approximate surface area is 127 Å². The summed E-state index contributed by atoms with van der Waals surface area (Å²) in [5.41, 5.74) is 2.84. The number of ether oxygens (including phenoxy) is 1. The van der Waals surface area contributed by atoms with Crippen molar-refractivity contribution in [2.45, 2.75) is 26.8 Å². The normalized spacial score (nSPS) is 17.7. The number of nitrogens with zero attached hydrogens (tertiary/aromatic N) is 1. The van der Waals surface area contributed by atoms with E-state index in [0.717, 1.165) is 37.8 Å². The highest BCUT2D eigenvalue weighted by Crippen LogP contribution is 2.37. The molecule has 1 aromatic carbocycles. The van der Waals surface area contributed by atoms with Gasteiger partial charge >= 0.3 is 0 Å². The van der Waals surface area contributed by atoms with E-state index in [-0.39, 0.29) is 0 Å². The van der Waals surface area contributed by atoms with Crippen molar-refractivity contribution in [2.75, 3.05) is 38.3 Å². The molecule has 0 aliphatic carbocycles. The van der Waals surface area contributed by atoms with Crippen LogP contribution in [-0.4, -0.2) is 33.4 Å². The lowest BCUT2D eigenvalue weighted by atomic mass is 9.93. The molecule has 2 rings (SSSR count). The van der Waals surface area contributed by atoms with Gasteiger partial charge in [-0.3, -0.25) is 0 Å². The van der Waals surface area contributed by atoms with Crippen LogP contribution in [0.4, 0.5) is 5.69 Å². The summed E-state index contributed by atoms with van der Waals surface area (Å²) in [6.07, 6.45) is 1.22. The number of anilines is 1. The number of rotatable bonds is 6. The molecule has 0 aromatic heterocycles. The maximum atomic E-state index is 6.45. The van der Waals surface area contributed by atoms with Crippen molar-refractivity contribution in [1.82, 2.24) is 5.32 Å². The van der Waals surface area contributed by atoms with Crippen molar-refractivity contribution >= 4 is 17.3 Å². The van der Waals surface area contributed by atoms with Crippen molar-refractivity contribution in [3.8, 4) is 0 Å². The van der Waals surface area contributed by atoms with E-state index < -0.39 is 0 Å². The SMILES string of the molecule is COCCNCc1cccc(Cl)c1N1CCC(C)(C)C1. The maximum Gasteiger partial charge on any atom is 0.0642 e. The van der Waals surface area contributed by atoms with Gasteiger partial charge in [0.2, 0.25) is 0 Å². The molecule has 3 nitrogen and oxygen atoms in total. The van der Waals surface area contributed by atoms with Crippen LogP contribution in [-0.2, 0) is 11.3 Å². The van der Waals surface area contributed by atoms with Crippen LogP contribution in [0.15, 0.2) is 18.2 Å². The quantitative estimate of drug-likeness (QED) is 0.815. The first-order valence-electron chi connectivity index (χ1n) is 7.25. The van der Waals surface area contributed by atoms with Crippen LogP contribution >= 0.6 is 11.6 Å². The number of halogens is 1. The third kappa shape index (κ3) is 3.87. The molecule has 0 saturated carbocycles. The van der Waals surface area contributed by atoms with Crippen LogP contribution in [0.5, 0.6) is 0 Å². The molecular weight excluding hydrogens is 272 g/mol. The summed E-state index contributed by atoms with van der Waals surface area (Å²) in [5, 5.41) is 4.26. The van der Waals surface area contributed by atoms with Gasteiger partial charge in [-0.2, -0.15) is 0 Å². The van der Waals surface area contributed by atoms with Crippen LogP contribution in [0, 0.1) is 5.41 Å². The molecule has 1 N–H and O–H groups in total. The Balaban J connectivity index is 2.10. The first-order chi connectivity index (χ1) is 9.53. The average Bonchev–Trinajstić information content (AvgIpc) is 2.75. The molecule has 1 aromatic rings. The Bertz CT molecular complexity index is 448. The molecule has 0 radical (unpaired) electrons. The molecule has 1 aliphatic rings. The molecule has 0 bridgehead atoms. The largest absolute Gasteiger partial charge is 0.383 e. The van der Waals surface area contributed by atoms with Crippen molar-refractivity contribution in [2.24, 2.45) is 5.41 Å². The van der Waals surface area contributed by atoms with Crippen molar-refractivity contribution in [1.29, 1.82) is 0 Å². The molecule has 1 saturated heterocycles. The van der Waals surface area contributed by atoms with E-state index >= 15 is 0 Å². The molecule has 0 spiro atoms. The molecule has 4 heteroatoms. The standard InChI is InChI=1S/C16H25ClN2O/c1-16(2)7-9-19(12-16)15-13(5-4-6-14(15)17)11-18-8-10-20-3/h4-6,18H,7-12H2,1-3H3. The minimum absolute atomic E-state index is 0.375. The van der Waals surface area contributed by atoms with E-state index in [1.807, 2.05) is 12.1 Å². The zero-order valence-electron chi connectivity index (χ0n) is 12.7. The topological polar surface area (TPSA) is 24.5 Å². The first-order valence-corrected chi connectivity index (χ1v) is 7.63. The van der Waals surface area contributed by atoms with Gasteiger partial charge in [0.1, 0.15) is 0 Å². The second kappa shape index (κ2) is 6.79. The lowest BCUT2D eigenvalue weighted by molar-refractivity contribution is 0.199. The third-order valence-corrected chi connectivity index (χ3v) is 4.17. The number of nitrogens with one attached hydrogen (secondary N) is 1. The Morgan fingerprint density at radius 3 is 2.85 bits per heavy atom. The fourth-order valence-electron chi connectivity index (χ4n) is 2.76. The highest BCUT2D eigenvalue weighted by molar-refractivity contribution is 6.33. The zero-order chi connectivity index (χ0) is 14.6. The second-order valence-corrected chi connectivity index (χ2v) is 6.66. The minimum Gasteiger partial charge on any atom is -0.383 e. The second-order valence-electron chi connectivity index (χ2n) is 6.25. The predicted octanol–water partition coefficient (Wildman–Crippen LogP) is 3.31. The first kappa shape index (κ1) is 15.6. The molecule has 112 valence electrons. The fourth-order valence-corrected chi connectivity index (χ4v) is 3.07. The molecule has 1 fully saturated rings. The fraction of sp³-hybridized carbons (Fsp3) is 0.625. The van der Waals surface area contributed by atoms with Gasteiger partial charge in [-0.15, -0.1) is 0 Å². The smallest absolute Gasteiger partial charge is 0.0642 e.